The Morgan fingerprint density at radius 2 is 1.95 bits per heavy atom. The minimum atomic E-state index is -0.200. The van der Waals surface area contributed by atoms with Gasteiger partial charge >= 0.3 is 0 Å². The zero-order valence-electron chi connectivity index (χ0n) is 12.9. The largest absolute Gasteiger partial charge is 0.371 e. The standard InChI is InChI=1S/C17H24FN3O/c18-15-1-3-16(4-2-15)21-10-7-13(12-21)11-20-17(22)14-5-8-19-9-6-14/h1-4,13-14,19H,5-12H2,(H,20,22). The van der Waals surface area contributed by atoms with E-state index >= 15 is 0 Å². The van der Waals surface area contributed by atoms with Crippen molar-refractivity contribution < 1.29 is 9.18 Å². The number of benzene rings is 1. The highest BCUT2D eigenvalue weighted by Crippen LogP contribution is 2.23. The Morgan fingerprint density at radius 1 is 1.23 bits per heavy atom. The van der Waals surface area contributed by atoms with Crippen LogP contribution in [0.15, 0.2) is 24.3 Å². The summed E-state index contributed by atoms with van der Waals surface area (Å²) in [6.45, 7) is 4.54. The fourth-order valence-electron chi connectivity index (χ4n) is 3.36. The average Bonchev–Trinajstić information content (AvgIpc) is 3.03. The molecule has 2 saturated heterocycles. The lowest BCUT2D eigenvalue weighted by Gasteiger charge is -2.23. The molecule has 2 N–H and O–H groups in total. The van der Waals surface area contributed by atoms with Gasteiger partial charge in [0.15, 0.2) is 0 Å². The minimum absolute atomic E-state index is 0.177. The van der Waals surface area contributed by atoms with Gasteiger partial charge in [-0.25, -0.2) is 4.39 Å². The Labute approximate surface area is 131 Å². The van der Waals surface area contributed by atoms with Crippen molar-refractivity contribution in [3.05, 3.63) is 30.1 Å². The smallest absolute Gasteiger partial charge is 0.223 e. The number of carbonyl (C=O) groups excluding carboxylic acids is 1. The number of carbonyl (C=O) groups is 1. The Kier molecular flexibility index (Phi) is 4.93. The lowest BCUT2D eigenvalue weighted by Crippen LogP contribution is -2.40. The molecule has 1 aromatic rings. The second-order valence-corrected chi connectivity index (χ2v) is 6.35. The number of piperidine rings is 1. The van der Waals surface area contributed by atoms with Gasteiger partial charge in [-0.1, -0.05) is 0 Å². The van der Waals surface area contributed by atoms with Gasteiger partial charge < -0.3 is 15.5 Å². The summed E-state index contributed by atoms with van der Waals surface area (Å²) in [4.78, 5) is 14.4. The quantitative estimate of drug-likeness (QED) is 0.891. The van der Waals surface area contributed by atoms with E-state index in [1.165, 1.54) is 12.1 Å². The fourth-order valence-corrected chi connectivity index (χ4v) is 3.36. The van der Waals surface area contributed by atoms with Crippen LogP contribution in [0.2, 0.25) is 0 Å². The van der Waals surface area contributed by atoms with Crippen LogP contribution >= 0.6 is 0 Å². The monoisotopic (exact) mass is 305 g/mol. The van der Waals surface area contributed by atoms with E-state index in [0.717, 1.165) is 57.7 Å². The summed E-state index contributed by atoms with van der Waals surface area (Å²) in [5.41, 5.74) is 1.06. The van der Waals surface area contributed by atoms with Crippen LogP contribution in [-0.4, -0.2) is 38.6 Å². The normalized spacial score (nSPS) is 22.8. The van der Waals surface area contributed by atoms with Gasteiger partial charge in [0.25, 0.3) is 0 Å². The van der Waals surface area contributed by atoms with Gasteiger partial charge in [0, 0.05) is 31.2 Å². The Hall–Kier alpha value is -1.62. The van der Waals surface area contributed by atoms with Crippen molar-refractivity contribution >= 4 is 11.6 Å². The molecule has 0 bridgehead atoms. The van der Waals surface area contributed by atoms with Crippen LogP contribution in [0.3, 0.4) is 0 Å². The molecule has 1 atom stereocenters. The Morgan fingerprint density at radius 3 is 2.68 bits per heavy atom. The van der Waals surface area contributed by atoms with Gasteiger partial charge in [-0.15, -0.1) is 0 Å². The number of hydrogen-bond acceptors (Lipinski definition) is 3. The molecular weight excluding hydrogens is 281 g/mol. The first kappa shape index (κ1) is 15.3. The maximum Gasteiger partial charge on any atom is 0.223 e. The lowest BCUT2D eigenvalue weighted by molar-refractivity contribution is -0.125. The molecule has 2 aliphatic rings. The summed E-state index contributed by atoms with van der Waals surface area (Å²) in [5.74, 6) is 0.669. The number of rotatable bonds is 4. The van der Waals surface area contributed by atoms with Crippen LogP contribution in [-0.2, 0) is 4.79 Å². The summed E-state index contributed by atoms with van der Waals surface area (Å²) < 4.78 is 13.0. The highest BCUT2D eigenvalue weighted by Gasteiger charge is 2.25. The second kappa shape index (κ2) is 7.09. The molecule has 1 aromatic carbocycles. The minimum Gasteiger partial charge on any atom is -0.371 e. The molecule has 0 spiro atoms. The predicted molar refractivity (Wildman–Crippen MR) is 85.3 cm³/mol. The summed E-state index contributed by atoms with van der Waals surface area (Å²) >= 11 is 0. The van der Waals surface area contributed by atoms with Gasteiger partial charge in [-0.2, -0.15) is 0 Å². The van der Waals surface area contributed by atoms with Crippen LogP contribution in [0.25, 0.3) is 0 Å². The molecule has 5 heteroatoms. The van der Waals surface area contributed by atoms with E-state index in [1.54, 1.807) is 0 Å². The third kappa shape index (κ3) is 3.77. The van der Waals surface area contributed by atoms with E-state index in [2.05, 4.69) is 15.5 Å². The number of nitrogens with zero attached hydrogens (tertiary/aromatic N) is 1. The molecule has 2 fully saturated rings. The van der Waals surface area contributed by atoms with E-state index in [1.807, 2.05) is 12.1 Å². The molecule has 1 amide bonds. The maximum absolute atomic E-state index is 13.0. The van der Waals surface area contributed by atoms with E-state index in [9.17, 15) is 9.18 Å². The number of halogens is 1. The van der Waals surface area contributed by atoms with Gasteiger partial charge in [-0.05, 0) is 62.5 Å². The lowest BCUT2D eigenvalue weighted by atomic mass is 9.97. The molecule has 1 unspecified atom stereocenters. The first-order valence-corrected chi connectivity index (χ1v) is 8.21. The van der Waals surface area contributed by atoms with E-state index < -0.39 is 0 Å². The number of anilines is 1. The number of nitrogens with one attached hydrogen (secondary N) is 2. The van der Waals surface area contributed by atoms with Crippen molar-refractivity contribution in [3.8, 4) is 0 Å². The van der Waals surface area contributed by atoms with Crippen molar-refractivity contribution in [3.63, 3.8) is 0 Å². The molecule has 120 valence electrons. The first-order chi connectivity index (χ1) is 10.7. The molecule has 22 heavy (non-hydrogen) atoms. The predicted octanol–water partition coefficient (Wildman–Crippen LogP) is 1.77. The third-order valence-corrected chi connectivity index (χ3v) is 4.75. The summed E-state index contributed by atoms with van der Waals surface area (Å²) in [5, 5.41) is 6.40. The van der Waals surface area contributed by atoms with Crippen LogP contribution in [0.1, 0.15) is 19.3 Å². The van der Waals surface area contributed by atoms with Crippen molar-refractivity contribution in [1.29, 1.82) is 0 Å². The van der Waals surface area contributed by atoms with Crippen LogP contribution < -0.4 is 15.5 Å². The van der Waals surface area contributed by atoms with E-state index in [0.29, 0.717) is 5.92 Å². The SMILES string of the molecule is O=C(NCC1CCN(c2ccc(F)cc2)C1)C1CCNCC1. The van der Waals surface area contributed by atoms with Gasteiger partial charge in [-0.3, -0.25) is 4.79 Å². The molecule has 0 aromatic heterocycles. The second-order valence-electron chi connectivity index (χ2n) is 6.35. The molecule has 0 aliphatic carbocycles. The van der Waals surface area contributed by atoms with Crippen molar-refractivity contribution in [1.82, 2.24) is 10.6 Å². The molecule has 2 aliphatic heterocycles. The Bertz CT molecular complexity index is 499. The van der Waals surface area contributed by atoms with Crippen LogP contribution in [0, 0.1) is 17.7 Å². The fraction of sp³-hybridized carbons (Fsp3) is 0.588. The number of hydrogen-bond donors (Lipinski definition) is 2. The molecule has 0 radical (unpaired) electrons. The summed E-state index contributed by atoms with van der Waals surface area (Å²) in [6, 6.07) is 6.65. The van der Waals surface area contributed by atoms with E-state index in [-0.39, 0.29) is 17.6 Å². The number of amides is 1. The molecule has 0 saturated carbocycles. The van der Waals surface area contributed by atoms with Crippen molar-refractivity contribution in [2.24, 2.45) is 11.8 Å². The topological polar surface area (TPSA) is 44.4 Å². The zero-order valence-corrected chi connectivity index (χ0v) is 12.9. The highest BCUT2D eigenvalue weighted by atomic mass is 19.1. The maximum atomic E-state index is 13.0. The zero-order chi connectivity index (χ0) is 15.4. The van der Waals surface area contributed by atoms with Gasteiger partial charge in [0.2, 0.25) is 5.91 Å². The molecule has 2 heterocycles. The van der Waals surface area contributed by atoms with Crippen molar-refractivity contribution in [2.75, 3.05) is 37.6 Å². The average molecular weight is 305 g/mol. The Balaban J connectivity index is 1.44. The molecular formula is C17H24FN3O. The van der Waals surface area contributed by atoms with Gasteiger partial charge in [0.1, 0.15) is 5.82 Å². The molecule has 3 rings (SSSR count). The van der Waals surface area contributed by atoms with Crippen LogP contribution in [0.5, 0.6) is 0 Å². The third-order valence-electron chi connectivity index (χ3n) is 4.75. The summed E-state index contributed by atoms with van der Waals surface area (Å²) in [6.07, 6.45) is 2.96. The van der Waals surface area contributed by atoms with Crippen LogP contribution in [0.4, 0.5) is 10.1 Å². The van der Waals surface area contributed by atoms with E-state index in [4.69, 9.17) is 0 Å². The van der Waals surface area contributed by atoms with Gasteiger partial charge in [0.05, 0.1) is 0 Å². The summed E-state index contributed by atoms with van der Waals surface area (Å²) in [7, 11) is 0. The molecule has 4 nitrogen and oxygen atoms in total. The first-order valence-electron chi connectivity index (χ1n) is 8.21. The van der Waals surface area contributed by atoms with Crippen molar-refractivity contribution in [2.45, 2.75) is 19.3 Å². The highest BCUT2D eigenvalue weighted by molar-refractivity contribution is 5.78.